The van der Waals surface area contributed by atoms with Gasteiger partial charge in [-0.05, 0) is 35.6 Å². The van der Waals surface area contributed by atoms with Gasteiger partial charge in [0.2, 0.25) is 0 Å². The number of para-hydroxylation sites is 1. The number of aromatic amines is 1. The smallest absolute Gasteiger partial charge is 0.267 e. The number of aromatic nitrogens is 1. The Kier molecular flexibility index (Phi) is 5.94. The molecule has 5 N–H and O–H groups in total. The first kappa shape index (κ1) is 20.3. The van der Waals surface area contributed by atoms with Crippen LogP contribution in [0.5, 0.6) is 0 Å². The van der Waals surface area contributed by atoms with Crippen molar-refractivity contribution in [2.75, 3.05) is 19.7 Å². The monoisotopic (exact) mass is 407 g/mol. The average Bonchev–Trinajstić information content (AvgIpc) is 3.36. The predicted molar refractivity (Wildman–Crippen MR) is 113 cm³/mol. The summed E-state index contributed by atoms with van der Waals surface area (Å²) in [7, 11) is 0. The van der Waals surface area contributed by atoms with E-state index in [1.165, 1.54) is 5.56 Å². The SMILES string of the molecule is O=C(NC[C@H]1Cc2ccccc2[C@@H]1NCC(=O)[C@@H](O)CO)c1cc2ccccc2[nH]1. The number of H-pyrrole nitrogens is 1. The molecule has 1 amide bonds. The van der Waals surface area contributed by atoms with Gasteiger partial charge in [-0.1, -0.05) is 42.5 Å². The lowest BCUT2D eigenvalue weighted by molar-refractivity contribution is -0.128. The Balaban J connectivity index is 1.43. The van der Waals surface area contributed by atoms with E-state index in [9.17, 15) is 14.7 Å². The molecule has 30 heavy (non-hydrogen) atoms. The average molecular weight is 407 g/mol. The molecule has 0 radical (unpaired) electrons. The Morgan fingerprint density at radius 1 is 1.13 bits per heavy atom. The minimum absolute atomic E-state index is 0.0484. The van der Waals surface area contributed by atoms with Gasteiger partial charge in [0.25, 0.3) is 5.91 Å². The number of aliphatic hydroxyl groups is 2. The predicted octanol–water partition coefficient (Wildman–Crippen LogP) is 1.32. The molecule has 1 aromatic heterocycles. The molecule has 3 aromatic rings. The van der Waals surface area contributed by atoms with Crippen LogP contribution in [0.2, 0.25) is 0 Å². The van der Waals surface area contributed by atoms with E-state index >= 15 is 0 Å². The van der Waals surface area contributed by atoms with Crippen molar-refractivity contribution in [3.63, 3.8) is 0 Å². The van der Waals surface area contributed by atoms with E-state index in [1.54, 1.807) is 0 Å². The fraction of sp³-hybridized carbons (Fsp3) is 0.304. The van der Waals surface area contributed by atoms with Gasteiger partial charge >= 0.3 is 0 Å². The number of Topliss-reactive ketones (excluding diaryl/α,β-unsaturated/α-hetero) is 1. The molecule has 2 aromatic carbocycles. The summed E-state index contributed by atoms with van der Waals surface area (Å²) in [6.07, 6.45) is -0.605. The van der Waals surface area contributed by atoms with Crippen LogP contribution in [0.15, 0.2) is 54.6 Å². The van der Waals surface area contributed by atoms with Gasteiger partial charge in [-0.2, -0.15) is 0 Å². The number of carbonyl (C=O) groups excluding carboxylic acids is 2. The Labute approximate surface area is 174 Å². The Bertz CT molecular complexity index is 1030. The summed E-state index contributed by atoms with van der Waals surface area (Å²) >= 11 is 0. The van der Waals surface area contributed by atoms with Crippen LogP contribution in [0.1, 0.15) is 27.7 Å². The summed E-state index contributed by atoms with van der Waals surface area (Å²) < 4.78 is 0. The number of nitrogens with one attached hydrogen (secondary N) is 3. The maximum atomic E-state index is 12.7. The van der Waals surface area contributed by atoms with Crippen LogP contribution in [0, 0.1) is 5.92 Å². The third kappa shape index (κ3) is 4.14. The van der Waals surface area contributed by atoms with Crippen molar-refractivity contribution in [3.05, 3.63) is 71.4 Å². The minimum Gasteiger partial charge on any atom is -0.393 e. The molecule has 0 saturated heterocycles. The van der Waals surface area contributed by atoms with Crippen molar-refractivity contribution in [1.29, 1.82) is 0 Å². The molecule has 7 heteroatoms. The standard InChI is InChI=1S/C23H25N3O4/c27-13-21(29)20(28)12-24-22-16(9-14-5-1-3-7-17(14)22)11-25-23(30)19-10-15-6-2-4-8-18(15)26-19/h1-8,10,16,21-22,24,26-27,29H,9,11-13H2,(H,25,30)/t16-,21+,22-/m1/s1. The van der Waals surface area contributed by atoms with Crippen LogP contribution < -0.4 is 10.6 Å². The highest BCUT2D eigenvalue weighted by atomic mass is 16.3. The first-order valence-electron chi connectivity index (χ1n) is 10.1. The third-order valence-electron chi connectivity index (χ3n) is 5.68. The highest BCUT2D eigenvalue weighted by Crippen LogP contribution is 2.35. The van der Waals surface area contributed by atoms with Gasteiger partial charge in [0.05, 0.1) is 13.2 Å². The number of amides is 1. The van der Waals surface area contributed by atoms with Crippen LogP contribution in [0.4, 0.5) is 0 Å². The van der Waals surface area contributed by atoms with E-state index < -0.39 is 18.5 Å². The number of hydrogen-bond donors (Lipinski definition) is 5. The van der Waals surface area contributed by atoms with Crippen LogP contribution in [0.3, 0.4) is 0 Å². The molecule has 0 bridgehead atoms. The molecule has 7 nitrogen and oxygen atoms in total. The van der Waals surface area contributed by atoms with Gasteiger partial charge in [0.1, 0.15) is 11.8 Å². The maximum absolute atomic E-state index is 12.7. The maximum Gasteiger partial charge on any atom is 0.267 e. The summed E-state index contributed by atoms with van der Waals surface area (Å²) in [5.41, 5.74) is 3.69. The third-order valence-corrected chi connectivity index (χ3v) is 5.68. The fourth-order valence-corrected chi connectivity index (χ4v) is 4.09. The summed E-state index contributed by atoms with van der Waals surface area (Å²) in [5, 5.41) is 25.7. The lowest BCUT2D eigenvalue weighted by Gasteiger charge is -2.22. The molecular formula is C23H25N3O4. The van der Waals surface area contributed by atoms with Gasteiger partial charge in [-0.3, -0.25) is 9.59 Å². The summed E-state index contributed by atoms with van der Waals surface area (Å²) in [5.74, 6) is -0.565. The fourth-order valence-electron chi connectivity index (χ4n) is 4.09. The number of rotatable bonds is 8. The van der Waals surface area contributed by atoms with Gasteiger partial charge < -0.3 is 25.8 Å². The van der Waals surface area contributed by atoms with Crippen molar-refractivity contribution in [3.8, 4) is 0 Å². The van der Waals surface area contributed by atoms with E-state index in [4.69, 9.17) is 5.11 Å². The number of carbonyl (C=O) groups is 2. The van der Waals surface area contributed by atoms with Crippen molar-refractivity contribution in [2.24, 2.45) is 5.92 Å². The van der Waals surface area contributed by atoms with Gasteiger partial charge in [-0.15, -0.1) is 0 Å². The minimum atomic E-state index is -1.38. The zero-order chi connectivity index (χ0) is 21.1. The van der Waals surface area contributed by atoms with Crippen LogP contribution in [0.25, 0.3) is 10.9 Å². The molecule has 1 aliphatic rings. The Hall–Kier alpha value is -3.00. The summed E-state index contributed by atoms with van der Waals surface area (Å²) in [6, 6.07) is 17.4. The van der Waals surface area contributed by atoms with Crippen LogP contribution in [-0.4, -0.2) is 52.7 Å². The molecule has 0 unspecified atom stereocenters. The van der Waals surface area contributed by atoms with Crippen LogP contribution in [-0.2, 0) is 11.2 Å². The number of benzene rings is 2. The molecule has 0 saturated carbocycles. The zero-order valence-electron chi connectivity index (χ0n) is 16.5. The second-order valence-electron chi connectivity index (χ2n) is 7.67. The molecule has 1 heterocycles. The molecule has 3 atom stereocenters. The van der Waals surface area contributed by atoms with Crippen LogP contribution >= 0.6 is 0 Å². The van der Waals surface area contributed by atoms with Gasteiger partial charge in [0, 0.05) is 23.5 Å². The van der Waals surface area contributed by atoms with Crippen molar-refractivity contribution >= 4 is 22.6 Å². The molecule has 0 aliphatic heterocycles. The quantitative estimate of drug-likeness (QED) is 0.386. The molecule has 4 rings (SSSR count). The molecule has 156 valence electrons. The largest absolute Gasteiger partial charge is 0.393 e. The van der Waals surface area contributed by atoms with Crippen molar-refractivity contribution in [2.45, 2.75) is 18.6 Å². The van der Waals surface area contributed by atoms with E-state index in [0.29, 0.717) is 12.2 Å². The van der Waals surface area contributed by atoms with Crippen molar-refractivity contribution < 1.29 is 19.8 Å². The van der Waals surface area contributed by atoms with Crippen molar-refractivity contribution in [1.82, 2.24) is 15.6 Å². The Morgan fingerprint density at radius 3 is 2.70 bits per heavy atom. The van der Waals surface area contributed by atoms with E-state index in [-0.39, 0.29) is 24.4 Å². The molecule has 0 spiro atoms. The lowest BCUT2D eigenvalue weighted by atomic mass is 10.00. The summed E-state index contributed by atoms with van der Waals surface area (Å²) in [6.45, 7) is -0.198. The lowest BCUT2D eigenvalue weighted by Crippen LogP contribution is -2.40. The molecular weight excluding hydrogens is 382 g/mol. The number of ketones is 1. The first-order chi connectivity index (χ1) is 14.6. The molecule has 0 fully saturated rings. The topological polar surface area (TPSA) is 114 Å². The first-order valence-corrected chi connectivity index (χ1v) is 10.1. The highest BCUT2D eigenvalue weighted by molar-refractivity contribution is 5.98. The highest BCUT2D eigenvalue weighted by Gasteiger charge is 2.33. The number of hydrogen-bond acceptors (Lipinski definition) is 5. The van der Waals surface area contributed by atoms with Gasteiger partial charge in [-0.25, -0.2) is 0 Å². The second kappa shape index (κ2) is 8.79. The van der Waals surface area contributed by atoms with E-state index in [0.717, 1.165) is 22.9 Å². The second-order valence-corrected chi connectivity index (χ2v) is 7.67. The van der Waals surface area contributed by atoms with Gasteiger partial charge in [0.15, 0.2) is 5.78 Å². The zero-order valence-corrected chi connectivity index (χ0v) is 16.5. The Morgan fingerprint density at radius 2 is 1.90 bits per heavy atom. The summed E-state index contributed by atoms with van der Waals surface area (Å²) in [4.78, 5) is 27.7. The molecule has 1 aliphatic carbocycles. The normalized spacial score (nSPS) is 18.9. The van der Waals surface area contributed by atoms with E-state index in [1.807, 2.05) is 54.6 Å². The number of fused-ring (bicyclic) bond motifs is 2. The number of aliphatic hydroxyl groups excluding tert-OH is 2. The van der Waals surface area contributed by atoms with E-state index in [2.05, 4.69) is 15.6 Å².